The van der Waals surface area contributed by atoms with Crippen LogP contribution in [-0.4, -0.2) is 10.9 Å². The van der Waals surface area contributed by atoms with E-state index in [0.29, 0.717) is 0 Å². The first-order valence-corrected chi connectivity index (χ1v) is 6.51. The number of nitro groups is 1. The molecule has 0 fully saturated rings. The van der Waals surface area contributed by atoms with E-state index >= 15 is 0 Å². The topological polar surface area (TPSA) is 69.4 Å². The van der Waals surface area contributed by atoms with Crippen LogP contribution in [0.4, 0.5) is 5.69 Å². The summed E-state index contributed by atoms with van der Waals surface area (Å²) in [7, 11) is 0. The molecule has 0 aliphatic heterocycles. The fourth-order valence-corrected chi connectivity index (χ4v) is 2.02. The Labute approximate surface area is 123 Å². The third-order valence-corrected chi connectivity index (χ3v) is 3.07. The van der Waals surface area contributed by atoms with E-state index in [0.717, 1.165) is 10.0 Å². The number of ether oxygens (including phenoxy) is 1. The minimum absolute atomic E-state index is 0.0615. The smallest absolute Gasteiger partial charge is 0.338 e. The molecule has 0 N–H and O–H groups in total. The zero-order valence-corrected chi connectivity index (χ0v) is 11.9. The number of hydrogen-bond donors (Lipinski definition) is 0. The molecule has 0 unspecified atom stereocenters. The van der Waals surface area contributed by atoms with Crippen LogP contribution in [-0.2, 0) is 11.3 Å². The van der Waals surface area contributed by atoms with Gasteiger partial charge in [-0.1, -0.05) is 28.1 Å². The van der Waals surface area contributed by atoms with Crippen LogP contribution in [0.1, 0.15) is 15.9 Å². The summed E-state index contributed by atoms with van der Waals surface area (Å²) in [5, 5.41) is 10.5. The van der Waals surface area contributed by atoms with Crippen molar-refractivity contribution in [3.8, 4) is 0 Å². The number of halogens is 1. The van der Waals surface area contributed by atoms with Crippen molar-refractivity contribution in [2.75, 3.05) is 0 Å². The highest BCUT2D eigenvalue weighted by Crippen LogP contribution is 2.15. The van der Waals surface area contributed by atoms with Gasteiger partial charge in [0.05, 0.1) is 10.5 Å². The van der Waals surface area contributed by atoms with E-state index < -0.39 is 10.9 Å². The molecule has 0 bridgehead atoms. The fourth-order valence-electron chi connectivity index (χ4n) is 1.58. The minimum atomic E-state index is -0.517. The highest BCUT2D eigenvalue weighted by atomic mass is 79.9. The summed E-state index contributed by atoms with van der Waals surface area (Å²) in [6.45, 7) is 0.148. The van der Waals surface area contributed by atoms with Crippen molar-refractivity contribution < 1.29 is 14.5 Å². The number of nitrogens with zero attached hydrogens (tertiary/aromatic N) is 1. The van der Waals surface area contributed by atoms with Crippen molar-refractivity contribution in [2.45, 2.75) is 6.61 Å². The minimum Gasteiger partial charge on any atom is -0.457 e. The molecule has 5 nitrogen and oxygen atoms in total. The Morgan fingerprint density at radius 1 is 1.20 bits per heavy atom. The lowest BCUT2D eigenvalue weighted by atomic mass is 10.2. The van der Waals surface area contributed by atoms with Gasteiger partial charge in [-0.15, -0.1) is 0 Å². The fraction of sp³-hybridized carbons (Fsp3) is 0.0714. The predicted molar refractivity (Wildman–Crippen MR) is 76.4 cm³/mol. The van der Waals surface area contributed by atoms with Crippen molar-refractivity contribution in [3.63, 3.8) is 0 Å². The maximum atomic E-state index is 11.8. The SMILES string of the molecule is O=C(OCc1cccc(Br)c1)c1ccc([N+](=O)[O-])cc1. The number of nitro benzene ring substituents is 1. The molecule has 0 aromatic heterocycles. The van der Waals surface area contributed by atoms with E-state index in [9.17, 15) is 14.9 Å². The molecule has 0 aliphatic rings. The quantitative estimate of drug-likeness (QED) is 0.485. The number of carbonyl (C=O) groups excluding carboxylic acids is 1. The van der Waals surface area contributed by atoms with Gasteiger partial charge in [0.1, 0.15) is 6.61 Å². The zero-order chi connectivity index (χ0) is 14.5. The number of hydrogen-bond acceptors (Lipinski definition) is 4. The summed E-state index contributed by atoms with van der Waals surface area (Å²) in [4.78, 5) is 21.8. The summed E-state index contributed by atoms with van der Waals surface area (Å²) in [5.41, 5.74) is 1.08. The standard InChI is InChI=1S/C14H10BrNO4/c15-12-3-1-2-10(8-12)9-20-14(17)11-4-6-13(7-5-11)16(18)19/h1-8H,9H2. The van der Waals surface area contributed by atoms with E-state index in [1.165, 1.54) is 24.3 Å². The molecule has 0 spiro atoms. The van der Waals surface area contributed by atoms with Crippen molar-refractivity contribution in [1.29, 1.82) is 0 Å². The van der Waals surface area contributed by atoms with Crippen LogP contribution in [0.5, 0.6) is 0 Å². The Balaban J connectivity index is 1.99. The molecular formula is C14H10BrNO4. The van der Waals surface area contributed by atoms with E-state index in [4.69, 9.17) is 4.74 Å². The van der Waals surface area contributed by atoms with Crippen LogP contribution in [0, 0.1) is 10.1 Å². The molecule has 0 heterocycles. The molecule has 0 atom stereocenters. The highest BCUT2D eigenvalue weighted by Gasteiger charge is 2.10. The summed E-state index contributed by atoms with van der Waals surface area (Å²) >= 11 is 3.33. The van der Waals surface area contributed by atoms with Gasteiger partial charge in [-0.25, -0.2) is 4.79 Å². The van der Waals surface area contributed by atoms with Crippen LogP contribution in [0.2, 0.25) is 0 Å². The summed E-state index contributed by atoms with van der Waals surface area (Å²) in [5.74, 6) is -0.514. The molecule has 0 aliphatic carbocycles. The zero-order valence-electron chi connectivity index (χ0n) is 10.3. The molecule has 20 heavy (non-hydrogen) atoms. The van der Waals surface area contributed by atoms with E-state index in [1.807, 2.05) is 24.3 Å². The number of benzene rings is 2. The number of esters is 1. The van der Waals surface area contributed by atoms with Gasteiger partial charge in [0.15, 0.2) is 0 Å². The van der Waals surface area contributed by atoms with Crippen molar-refractivity contribution in [1.82, 2.24) is 0 Å². The average molecular weight is 336 g/mol. The molecule has 102 valence electrons. The first-order valence-electron chi connectivity index (χ1n) is 5.72. The predicted octanol–water partition coefficient (Wildman–Crippen LogP) is 3.71. The molecule has 0 saturated carbocycles. The maximum Gasteiger partial charge on any atom is 0.338 e. The Bertz CT molecular complexity index is 640. The van der Waals surface area contributed by atoms with Crippen LogP contribution >= 0.6 is 15.9 Å². The lowest BCUT2D eigenvalue weighted by Gasteiger charge is -2.05. The van der Waals surface area contributed by atoms with Crippen molar-refractivity contribution in [2.24, 2.45) is 0 Å². The lowest BCUT2D eigenvalue weighted by Crippen LogP contribution is -2.05. The molecule has 6 heteroatoms. The molecule has 2 aromatic carbocycles. The molecule has 0 amide bonds. The molecule has 2 aromatic rings. The second kappa shape index (κ2) is 6.29. The Kier molecular flexibility index (Phi) is 4.47. The van der Waals surface area contributed by atoms with Gasteiger partial charge in [0.2, 0.25) is 0 Å². The van der Waals surface area contributed by atoms with Crippen LogP contribution in [0.15, 0.2) is 53.0 Å². The first-order chi connectivity index (χ1) is 9.56. The summed E-state index contributed by atoms with van der Waals surface area (Å²) in [6.07, 6.45) is 0. The molecular weight excluding hydrogens is 326 g/mol. The average Bonchev–Trinajstić information content (AvgIpc) is 2.45. The number of carbonyl (C=O) groups is 1. The van der Waals surface area contributed by atoms with E-state index in [1.54, 1.807) is 0 Å². The Hall–Kier alpha value is -2.21. The molecule has 0 saturated heterocycles. The second-order valence-corrected chi connectivity index (χ2v) is 4.93. The third kappa shape index (κ3) is 3.64. The van der Waals surface area contributed by atoms with Crippen molar-refractivity contribution >= 4 is 27.6 Å². The first kappa shape index (κ1) is 14.2. The third-order valence-electron chi connectivity index (χ3n) is 2.57. The largest absolute Gasteiger partial charge is 0.457 e. The van der Waals surface area contributed by atoms with Crippen LogP contribution in [0.3, 0.4) is 0 Å². The number of non-ortho nitro benzene ring substituents is 1. The van der Waals surface area contributed by atoms with Gasteiger partial charge in [0.25, 0.3) is 5.69 Å². The van der Waals surface area contributed by atoms with Crippen molar-refractivity contribution in [3.05, 3.63) is 74.2 Å². The van der Waals surface area contributed by atoms with Gasteiger partial charge in [-0.3, -0.25) is 10.1 Å². The Morgan fingerprint density at radius 3 is 2.50 bits per heavy atom. The van der Waals surface area contributed by atoms with E-state index in [-0.39, 0.29) is 17.9 Å². The van der Waals surface area contributed by atoms with Crippen LogP contribution in [0.25, 0.3) is 0 Å². The number of rotatable bonds is 4. The molecule has 0 radical (unpaired) electrons. The summed E-state index contributed by atoms with van der Waals surface area (Å²) < 4.78 is 6.04. The van der Waals surface area contributed by atoms with Gasteiger partial charge < -0.3 is 4.74 Å². The van der Waals surface area contributed by atoms with Crippen LogP contribution < -0.4 is 0 Å². The lowest BCUT2D eigenvalue weighted by molar-refractivity contribution is -0.384. The second-order valence-electron chi connectivity index (χ2n) is 4.01. The highest BCUT2D eigenvalue weighted by molar-refractivity contribution is 9.10. The van der Waals surface area contributed by atoms with E-state index in [2.05, 4.69) is 15.9 Å². The Morgan fingerprint density at radius 2 is 1.90 bits per heavy atom. The van der Waals surface area contributed by atoms with Gasteiger partial charge in [-0.2, -0.15) is 0 Å². The molecule has 2 rings (SSSR count). The normalized spacial score (nSPS) is 10.1. The monoisotopic (exact) mass is 335 g/mol. The maximum absolute atomic E-state index is 11.8. The van der Waals surface area contributed by atoms with Gasteiger partial charge in [0, 0.05) is 16.6 Å². The van der Waals surface area contributed by atoms with Gasteiger partial charge >= 0.3 is 5.97 Å². The van der Waals surface area contributed by atoms with Gasteiger partial charge in [-0.05, 0) is 29.8 Å². The summed E-state index contributed by atoms with van der Waals surface area (Å²) in [6, 6.07) is 12.7.